The van der Waals surface area contributed by atoms with Crippen molar-refractivity contribution in [3.05, 3.63) is 45.4 Å². The van der Waals surface area contributed by atoms with E-state index in [0.717, 1.165) is 38.4 Å². The first-order valence-corrected chi connectivity index (χ1v) is 10.2. The Morgan fingerprint density at radius 3 is 2.57 bits per heavy atom. The number of phenolic OH excluding ortho intramolecular Hbond substituents is 1. The van der Waals surface area contributed by atoms with Gasteiger partial charge in [-0.05, 0) is 36.9 Å². The summed E-state index contributed by atoms with van der Waals surface area (Å²) in [5, 5.41) is 13.6. The molecule has 0 radical (unpaired) electrons. The SMILES string of the molecule is CCN1CCN(c2ccc(NC(=O)c3cc(Br)cc(OC)c3O)cc2Cl)CC1. The third-order valence-electron chi connectivity index (χ3n) is 4.87. The molecule has 28 heavy (non-hydrogen) atoms. The quantitative estimate of drug-likeness (QED) is 0.688. The first-order valence-electron chi connectivity index (χ1n) is 9.07. The molecular weight excluding hydrogens is 446 g/mol. The van der Waals surface area contributed by atoms with Crippen LogP contribution in [0.4, 0.5) is 11.4 Å². The molecule has 3 rings (SSSR count). The van der Waals surface area contributed by atoms with Crippen LogP contribution in [0.1, 0.15) is 17.3 Å². The van der Waals surface area contributed by atoms with Gasteiger partial charge in [0, 0.05) is 36.3 Å². The predicted octanol–water partition coefficient (Wildman–Crippen LogP) is 4.21. The highest BCUT2D eigenvalue weighted by atomic mass is 79.9. The van der Waals surface area contributed by atoms with Crippen LogP contribution in [0.3, 0.4) is 0 Å². The molecule has 1 aliphatic rings. The van der Waals surface area contributed by atoms with Crippen molar-refractivity contribution in [3.8, 4) is 11.5 Å². The second-order valence-electron chi connectivity index (χ2n) is 6.55. The average Bonchev–Trinajstić information content (AvgIpc) is 2.69. The van der Waals surface area contributed by atoms with Gasteiger partial charge >= 0.3 is 0 Å². The normalized spacial score (nSPS) is 14.8. The van der Waals surface area contributed by atoms with Gasteiger partial charge in [0.25, 0.3) is 5.91 Å². The highest BCUT2D eigenvalue weighted by Gasteiger charge is 2.20. The van der Waals surface area contributed by atoms with E-state index in [4.69, 9.17) is 16.3 Å². The molecule has 0 saturated carbocycles. The zero-order valence-corrected chi connectivity index (χ0v) is 18.2. The summed E-state index contributed by atoms with van der Waals surface area (Å²) < 4.78 is 5.73. The Morgan fingerprint density at radius 1 is 1.25 bits per heavy atom. The first kappa shape index (κ1) is 20.8. The number of anilines is 2. The molecular formula is C20H23BrClN3O3. The molecule has 2 aromatic rings. The number of aromatic hydroxyl groups is 1. The number of hydrogen-bond donors (Lipinski definition) is 2. The molecule has 0 aliphatic carbocycles. The summed E-state index contributed by atoms with van der Waals surface area (Å²) in [6, 6.07) is 8.60. The summed E-state index contributed by atoms with van der Waals surface area (Å²) in [7, 11) is 1.43. The minimum Gasteiger partial charge on any atom is -0.504 e. The van der Waals surface area contributed by atoms with Crippen LogP contribution in [-0.4, -0.2) is 55.7 Å². The number of hydrogen-bond acceptors (Lipinski definition) is 5. The van der Waals surface area contributed by atoms with Crippen molar-refractivity contribution in [2.75, 3.05) is 50.1 Å². The lowest BCUT2D eigenvalue weighted by molar-refractivity contribution is 0.102. The molecule has 8 heteroatoms. The van der Waals surface area contributed by atoms with E-state index in [-0.39, 0.29) is 17.1 Å². The van der Waals surface area contributed by atoms with Crippen molar-refractivity contribution >= 4 is 44.8 Å². The number of benzene rings is 2. The summed E-state index contributed by atoms with van der Waals surface area (Å²) in [5.74, 6) is -0.434. The van der Waals surface area contributed by atoms with Crippen molar-refractivity contribution in [2.45, 2.75) is 6.92 Å². The lowest BCUT2D eigenvalue weighted by Gasteiger charge is -2.36. The van der Waals surface area contributed by atoms with E-state index in [0.29, 0.717) is 15.2 Å². The fourth-order valence-electron chi connectivity index (χ4n) is 3.25. The van der Waals surface area contributed by atoms with Gasteiger partial charge in [-0.15, -0.1) is 0 Å². The molecule has 1 amide bonds. The molecule has 2 aromatic carbocycles. The van der Waals surface area contributed by atoms with Gasteiger partial charge in [-0.25, -0.2) is 0 Å². The van der Waals surface area contributed by atoms with Crippen molar-refractivity contribution in [3.63, 3.8) is 0 Å². The Kier molecular flexibility index (Phi) is 6.69. The van der Waals surface area contributed by atoms with Crippen molar-refractivity contribution < 1.29 is 14.6 Å². The molecule has 1 fully saturated rings. The zero-order chi connectivity index (χ0) is 20.3. The van der Waals surface area contributed by atoms with Gasteiger partial charge in [-0.2, -0.15) is 0 Å². The summed E-state index contributed by atoms with van der Waals surface area (Å²) in [6.45, 7) is 7.08. The number of methoxy groups -OCH3 is 1. The van der Waals surface area contributed by atoms with Gasteiger partial charge in [0.2, 0.25) is 0 Å². The van der Waals surface area contributed by atoms with E-state index in [1.54, 1.807) is 12.1 Å². The zero-order valence-electron chi connectivity index (χ0n) is 15.8. The maximum Gasteiger partial charge on any atom is 0.259 e. The standard InChI is InChI=1S/C20H23BrClN3O3/c1-3-24-6-8-25(9-7-24)17-5-4-14(12-16(17)22)23-20(27)15-10-13(21)11-18(28-2)19(15)26/h4-5,10-12,26H,3,6-9H2,1-2H3,(H,23,27). The number of nitrogens with zero attached hydrogens (tertiary/aromatic N) is 2. The molecule has 6 nitrogen and oxygen atoms in total. The van der Waals surface area contributed by atoms with E-state index < -0.39 is 5.91 Å². The Labute approximate surface area is 178 Å². The van der Waals surface area contributed by atoms with Crippen molar-refractivity contribution in [1.29, 1.82) is 0 Å². The second kappa shape index (κ2) is 9.03. The summed E-state index contributed by atoms with van der Waals surface area (Å²) in [5.41, 5.74) is 1.63. The van der Waals surface area contributed by atoms with Gasteiger partial charge in [0.15, 0.2) is 11.5 Å². The van der Waals surface area contributed by atoms with Crippen LogP contribution >= 0.6 is 27.5 Å². The maximum absolute atomic E-state index is 12.6. The van der Waals surface area contributed by atoms with Gasteiger partial charge in [-0.1, -0.05) is 34.5 Å². The number of carbonyl (C=O) groups excluding carboxylic acids is 1. The van der Waals surface area contributed by atoms with E-state index in [1.807, 2.05) is 12.1 Å². The number of piperazine rings is 1. The predicted molar refractivity (Wildman–Crippen MR) is 116 cm³/mol. The molecule has 1 saturated heterocycles. The number of amides is 1. The lowest BCUT2D eigenvalue weighted by Crippen LogP contribution is -2.46. The highest BCUT2D eigenvalue weighted by Crippen LogP contribution is 2.35. The van der Waals surface area contributed by atoms with Crippen LogP contribution in [0.5, 0.6) is 11.5 Å². The van der Waals surface area contributed by atoms with Crippen molar-refractivity contribution in [2.24, 2.45) is 0 Å². The number of phenols is 1. The van der Waals surface area contributed by atoms with Gasteiger partial charge in [-0.3, -0.25) is 4.79 Å². The Morgan fingerprint density at radius 2 is 1.96 bits per heavy atom. The summed E-state index contributed by atoms with van der Waals surface area (Å²) in [6.07, 6.45) is 0. The molecule has 1 aliphatic heterocycles. The molecule has 150 valence electrons. The molecule has 0 atom stereocenters. The smallest absolute Gasteiger partial charge is 0.259 e. The van der Waals surface area contributed by atoms with E-state index in [1.165, 1.54) is 13.2 Å². The Bertz CT molecular complexity index is 870. The molecule has 2 N–H and O–H groups in total. The minimum absolute atomic E-state index is 0.113. The third-order valence-corrected chi connectivity index (χ3v) is 5.63. The molecule has 0 aromatic heterocycles. The topological polar surface area (TPSA) is 65.0 Å². The third kappa shape index (κ3) is 4.54. The van der Waals surface area contributed by atoms with Crippen LogP contribution < -0.4 is 15.0 Å². The monoisotopic (exact) mass is 467 g/mol. The second-order valence-corrected chi connectivity index (χ2v) is 7.87. The number of ether oxygens (including phenoxy) is 1. The van der Waals surface area contributed by atoms with Crippen molar-refractivity contribution in [1.82, 2.24) is 4.90 Å². The molecule has 0 bridgehead atoms. The fraction of sp³-hybridized carbons (Fsp3) is 0.350. The van der Waals surface area contributed by atoms with Crippen LogP contribution in [0, 0.1) is 0 Å². The van der Waals surface area contributed by atoms with E-state index in [2.05, 4.69) is 38.0 Å². The van der Waals surface area contributed by atoms with Gasteiger partial charge in [0.1, 0.15) is 0 Å². The number of rotatable bonds is 5. The molecule has 0 spiro atoms. The van der Waals surface area contributed by atoms with Gasteiger partial charge in [0.05, 0.1) is 23.4 Å². The van der Waals surface area contributed by atoms with E-state index >= 15 is 0 Å². The van der Waals surface area contributed by atoms with Crippen LogP contribution in [-0.2, 0) is 0 Å². The highest BCUT2D eigenvalue weighted by molar-refractivity contribution is 9.10. The minimum atomic E-state index is -0.447. The Balaban J connectivity index is 1.75. The lowest BCUT2D eigenvalue weighted by atomic mass is 10.1. The summed E-state index contributed by atoms with van der Waals surface area (Å²) >= 11 is 9.80. The largest absolute Gasteiger partial charge is 0.504 e. The van der Waals surface area contributed by atoms with Gasteiger partial charge < -0.3 is 25.0 Å². The Hall–Kier alpha value is -1.96. The van der Waals surface area contributed by atoms with Crippen LogP contribution in [0.15, 0.2) is 34.8 Å². The summed E-state index contributed by atoms with van der Waals surface area (Å²) in [4.78, 5) is 17.3. The fourth-order valence-corrected chi connectivity index (χ4v) is 3.98. The number of nitrogens with one attached hydrogen (secondary N) is 1. The number of carbonyl (C=O) groups is 1. The number of halogens is 2. The maximum atomic E-state index is 12.6. The first-order chi connectivity index (χ1) is 13.4. The van der Waals surface area contributed by atoms with Crippen LogP contribution in [0.25, 0.3) is 0 Å². The number of likely N-dealkylation sites (N-methyl/N-ethyl adjacent to an activating group) is 1. The average molecular weight is 469 g/mol. The molecule has 0 unspecified atom stereocenters. The molecule has 1 heterocycles. The van der Waals surface area contributed by atoms with Crippen LogP contribution in [0.2, 0.25) is 5.02 Å². The van der Waals surface area contributed by atoms with E-state index in [9.17, 15) is 9.90 Å².